The maximum atomic E-state index is 7.89. The van der Waals surface area contributed by atoms with E-state index in [0.717, 1.165) is 53.5 Å². The van der Waals surface area contributed by atoms with Crippen molar-refractivity contribution in [1.29, 1.82) is 0 Å². The van der Waals surface area contributed by atoms with E-state index in [2.05, 4.69) is 259 Å². The molecule has 4 nitrogen and oxygen atoms in total. The van der Waals surface area contributed by atoms with Gasteiger partial charge in [-0.3, -0.25) is 4.90 Å². The van der Waals surface area contributed by atoms with Crippen LogP contribution in [0.15, 0.2) is 138 Å². The molecule has 3 heterocycles. The highest BCUT2D eigenvalue weighted by molar-refractivity contribution is 7.01. The lowest BCUT2D eigenvalue weighted by molar-refractivity contribution is 0.332. The highest BCUT2D eigenvalue weighted by Crippen LogP contribution is 2.59. The van der Waals surface area contributed by atoms with E-state index in [0.29, 0.717) is 11.8 Å². The molecule has 81 heavy (non-hydrogen) atoms. The summed E-state index contributed by atoms with van der Waals surface area (Å²) < 4.78 is 7.89. The zero-order valence-corrected chi connectivity index (χ0v) is 51.6. The minimum absolute atomic E-state index is 0.00319. The van der Waals surface area contributed by atoms with Gasteiger partial charge in [0.2, 0.25) is 5.88 Å². The van der Waals surface area contributed by atoms with Gasteiger partial charge in [0, 0.05) is 50.7 Å². The highest BCUT2D eigenvalue weighted by Gasteiger charge is 2.51. The van der Waals surface area contributed by atoms with Crippen LogP contribution < -0.4 is 31.1 Å². The van der Waals surface area contributed by atoms with E-state index >= 15 is 0 Å². The summed E-state index contributed by atoms with van der Waals surface area (Å²) in [5, 5.41) is 1.27. The van der Waals surface area contributed by atoms with E-state index in [1.807, 2.05) is 0 Å². The van der Waals surface area contributed by atoms with Crippen LogP contribution >= 0.6 is 0 Å². The first kappa shape index (κ1) is 52.6. The molecule has 5 heteroatoms. The van der Waals surface area contributed by atoms with E-state index in [1.54, 1.807) is 0 Å². The van der Waals surface area contributed by atoms with Gasteiger partial charge in [0.25, 0.3) is 6.71 Å². The van der Waals surface area contributed by atoms with Crippen molar-refractivity contribution in [1.82, 2.24) is 0 Å². The molecule has 7 aromatic carbocycles. The van der Waals surface area contributed by atoms with Gasteiger partial charge in [-0.05, 0) is 229 Å². The predicted octanol–water partition coefficient (Wildman–Crippen LogP) is 19.5. The Hall–Kier alpha value is -6.46. The minimum atomic E-state index is -0.124. The first-order valence-electron chi connectivity index (χ1n) is 30.9. The standard InChI is InChI=1S/C76H86BN3O/c1-46-47-29-30-76(16,45-47)58-44-66-56(41-55(46)58)67-69(81-66)80(52-27-28-57-59(38-52)73(10,11)32-31-72(57,8)9)65-40-54(78(50-23-19-17-20-24-50)51-25-21-18-22-26-51)39-64-68(65)77(67)62-42-60-61(75(14,15)34-33-74(60,12)13)43-63(62)79(64)53-36-48(70(2,3)4)35-49(37-53)71(5,6)7/h17-28,35-44,46-47H,29-34,45H2,1-16H3. The second-order valence-electron chi connectivity index (χ2n) is 31.1. The monoisotopic (exact) mass is 1070 g/mol. The minimum Gasteiger partial charge on any atom is -0.440 e. The third-order valence-electron chi connectivity index (χ3n) is 21.7. The molecule has 2 aliphatic heterocycles. The van der Waals surface area contributed by atoms with Gasteiger partial charge in [-0.15, -0.1) is 0 Å². The Morgan fingerprint density at radius 1 is 0.494 bits per heavy atom. The van der Waals surface area contributed by atoms with Gasteiger partial charge in [0.15, 0.2) is 0 Å². The Labute approximate surface area is 485 Å². The third-order valence-corrected chi connectivity index (χ3v) is 21.7. The summed E-state index contributed by atoms with van der Waals surface area (Å²) in [6.07, 6.45) is 8.38. The Morgan fingerprint density at radius 3 is 1.62 bits per heavy atom. The van der Waals surface area contributed by atoms with Crippen LogP contribution in [0, 0.1) is 5.92 Å². The van der Waals surface area contributed by atoms with Crippen molar-refractivity contribution >= 4 is 85.5 Å². The molecule has 2 bridgehead atoms. The van der Waals surface area contributed by atoms with Crippen LogP contribution in [0.4, 0.5) is 51.4 Å². The van der Waals surface area contributed by atoms with Crippen LogP contribution in [0.3, 0.4) is 0 Å². The van der Waals surface area contributed by atoms with E-state index in [4.69, 9.17) is 4.42 Å². The molecule has 14 rings (SSSR count). The molecule has 0 radical (unpaired) electrons. The Morgan fingerprint density at radius 2 is 1.04 bits per heavy atom. The predicted molar refractivity (Wildman–Crippen MR) is 346 cm³/mol. The normalized spacial score (nSPS) is 22.3. The van der Waals surface area contributed by atoms with Crippen molar-refractivity contribution in [3.05, 3.63) is 178 Å². The quantitative estimate of drug-likeness (QED) is 0.160. The van der Waals surface area contributed by atoms with Crippen molar-refractivity contribution < 1.29 is 4.42 Å². The summed E-state index contributed by atoms with van der Waals surface area (Å²) >= 11 is 0. The maximum absolute atomic E-state index is 7.89. The summed E-state index contributed by atoms with van der Waals surface area (Å²) in [6.45, 7) is 39.1. The van der Waals surface area contributed by atoms with Gasteiger partial charge >= 0.3 is 0 Å². The molecule has 8 aromatic rings. The van der Waals surface area contributed by atoms with Gasteiger partial charge < -0.3 is 14.2 Å². The number of hydrogen-bond donors (Lipinski definition) is 0. The molecule has 1 fully saturated rings. The number of hydrogen-bond acceptors (Lipinski definition) is 4. The first-order valence-corrected chi connectivity index (χ1v) is 30.9. The Balaban J connectivity index is 1.17. The van der Waals surface area contributed by atoms with Gasteiger partial charge in [-0.2, -0.15) is 0 Å². The average Bonchev–Trinajstić information content (AvgIpc) is 3.54. The van der Waals surface area contributed by atoms with Gasteiger partial charge in [0.1, 0.15) is 5.58 Å². The zero-order valence-electron chi connectivity index (χ0n) is 51.6. The van der Waals surface area contributed by atoms with Crippen molar-refractivity contribution in [3.8, 4) is 0 Å². The summed E-state index contributed by atoms with van der Waals surface area (Å²) in [4.78, 5) is 7.81. The van der Waals surface area contributed by atoms with Gasteiger partial charge in [0.05, 0.1) is 5.69 Å². The van der Waals surface area contributed by atoms with Crippen LogP contribution in [0.1, 0.15) is 206 Å². The molecule has 0 saturated heterocycles. The van der Waals surface area contributed by atoms with Crippen molar-refractivity contribution in [3.63, 3.8) is 0 Å². The van der Waals surface area contributed by atoms with Gasteiger partial charge in [-0.1, -0.05) is 165 Å². The number of rotatable bonds is 5. The summed E-state index contributed by atoms with van der Waals surface area (Å²) in [5.74, 6) is 2.14. The summed E-state index contributed by atoms with van der Waals surface area (Å²) in [7, 11) is 0. The number of para-hydroxylation sites is 2. The molecular weight excluding hydrogens is 982 g/mol. The second-order valence-corrected chi connectivity index (χ2v) is 31.1. The van der Waals surface area contributed by atoms with E-state index in [9.17, 15) is 0 Å². The average molecular weight is 1070 g/mol. The molecule has 414 valence electrons. The van der Waals surface area contributed by atoms with Crippen LogP contribution in [-0.2, 0) is 37.9 Å². The molecule has 0 N–H and O–H groups in total. The maximum Gasteiger partial charge on any atom is 0.257 e. The fourth-order valence-electron chi connectivity index (χ4n) is 16.3. The molecule has 0 amide bonds. The topological polar surface area (TPSA) is 22.9 Å². The number of fused-ring (bicyclic) bond motifs is 12. The Kier molecular flexibility index (Phi) is 11.2. The van der Waals surface area contributed by atoms with Crippen LogP contribution in [0.2, 0.25) is 0 Å². The summed E-state index contributed by atoms with van der Waals surface area (Å²) in [6, 6.07) is 52.8. The molecule has 0 spiro atoms. The fraction of sp³-hybridized carbons (Fsp3) is 0.421. The molecular formula is C76H86BN3O. The van der Waals surface area contributed by atoms with Gasteiger partial charge in [-0.25, -0.2) is 0 Å². The zero-order chi connectivity index (χ0) is 56.9. The first-order chi connectivity index (χ1) is 38.1. The molecule has 4 aliphatic carbocycles. The molecule has 3 atom stereocenters. The van der Waals surface area contributed by atoms with Crippen LogP contribution in [0.25, 0.3) is 11.0 Å². The van der Waals surface area contributed by atoms with Crippen molar-refractivity contribution in [2.24, 2.45) is 5.92 Å². The van der Waals surface area contributed by atoms with E-state index in [-0.39, 0.29) is 44.6 Å². The Bertz CT molecular complexity index is 3830. The van der Waals surface area contributed by atoms with Crippen LogP contribution in [-0.4, -0.2) is 6.71 Å². The number of benzene rings is 7. The molecule has 1 aromatic heterocycles. The molecule has 3 unspecified atom stereocenters. The number of nitrogens with zero attached hydrogens (tertiary/aromatic N) is 3. The van der Waals surface area contributed by atoms with E-state index < -0.39 is 0 Å². The highest BCUT2D eigenvalue weighted by atomic mass is 16.4. The third kappa shape index (κ3) is 7.95. The van der Waals surface area contributed by atoms with Crippen LogP contribution in [0.5, 0.6) is 0 Å². The lowest BCUT2D eigenvalue weighted by Crippen LogP contribution is -2.61. The molecule has 6 aliphatic rings. The number of furan rings is 1. The van der Waals surface area contributed by atoms with Crippen molar-refractivity contribution in [2.45, 2.75) is 200 Å². The number of anilines is 9. The molecule has 1 saturated carbocycles. The lowest BCUT2D eigenvalue weighted by Gasteiger charge is -2.47. The summed E-state index contributed by atoms with van der Waals surface area (Å²) in [5.41, 5.74) is 26.0. The largest absolute Gasteiger partial charge is 0.440 e. The van der Waals surface area contributed by atoms with Crippen molar-refractivity contribution in [2.75, 3.05) is 14.7 Å². The lowest BCUT2D eigenvalue weighted by atomic mass is 9.33. The van der Waals surface area contributed by atoms with E-state index in [1.165, 1.54) is 115 Å². The smallest absolute Gasteiger partial charge is 0.257 e. The second kappa shape index (κ2) is 17.3. The SMILES string of the molecule is CC1c2cc3c4c(oc3cc2C2(C)CCC1C2)N(c1ccc2c(c1)C(C)(C)CCC2(C)C)c1cc(N(c2ccccc2)c2ccccc2)cc2c1B4c1cc3c(cc1N2c1cc(C(C)(C)C)cc(C(C)(C)C)c1)C(C)(C)CCC3(C)C. The fourth-order valence-corrected chi connectivity index (χ4v) is 16.3.